The van der Waals surface area contributed by atoms with Crippen LogP contribution in [0, 0.1) is 10.1 Å². The van der Waals surface area contributed by atoms with Gasteiger partial charge in [0.2, 0.25) is 5.91 Å². The average molecular weight is 322 g/mol. The van der Waals surface area contributed by atoms with Gasteiger partial charge in [-0.05, 0) is 6.07 Å². The van der Waals surface area contributed by atoms with Crippen LogP contribution in [0.25, 0.3) is 0 Å². The van der Waals surface area contributed by atoms with Crippen molar-refractivity contribution in [2.24, 2.45) is 5.73 Å². The van der Waals surface area contributed by atoms with Crippen molar-refractivity contribution >= 4 is 17.4 Å². The molecule has 0 spiro atoms. The van der Waals surface area contributed by atoms with Gasteiger partial charge in [0.1, 0.15) is 12.0 Å². The van der Waals surface area contributed by atoms with Crippen LogP contribution in [0.5, 0.6) is 0 Å². The normalized spacial score (nSPS) is 15.4. The molecule has 2 heterocycles. The van der Waals surface area contributed by atoms with Crippen molar-refractivity contribution in [1.82, 2.24) is 15.2 Å². The Kier molecular flexibility index (Phi) is 6.24. The molecule has 9 nitrogen and oxygen atoms in total. The van der Waals surface area contributed by atoms with Gasteiger partial charge in [-0.2, -0.15) is 0 Å². The number of piperazine rings is 1. The molecular formula is C14H22N6O3. The molecule has 1 saturated heterocycles. The molecule has 0 saturated carbocycles. The first-order valence-electron chi connectivity index (χ1n) is 7.64. The number of amides is 1. The first kappa shape index (κ1) is 17.1. The Morgan fingerprint density at radius 2 is 2.09 bits per heavy atom. The second-order valence-electron chi connectivity index (χ2n) is 5.35. The number of carbonyl (C=O) groups excluding carboxylic acids is 1. The van der Waals surface area contributed by atoms with Gasteiger partial charge in [-0.15, -0.1) is 0 Å². The lowest BCUT2D eigenvalue weighted by molar-refractivity contribution is -0.385. The average Bonchev–Trinajstić information content (AvgIpc) is 2.58. The van der Waals surface area contributed by atoms with Crippen molar-refractivity contribution < 1.29 is 9.72 Å². The smallest absolute Gasteiger partial charge is 0.287 e. The first-order chi connectivity index (χ1) is 11.1. The van der Waals surface area contributed by atoms with Crippen molar-refractivity contribution in [3.63, 3.8) is 0 Å². The fourth-order valence-electron chi connectivity index (χ4n) is 2.43. The molecule has 1 aromatic heterocycles. The fourth-order valence-corrected chi connectivity index (χ4v) is 2.43. The molecule has 9 heteroatoms. The van der Waals surface area contributed by atoms with Crippen molar-refractivity contribution in [3.8, 4) is 0 Å². The van der Waals surface area contributed by atoms with E-state index in [4.69, 9.17) is 5.73 Å². The van der Waals surface area contributed by atoms with Gasteiger partial charge in [-0.1, -0.05) is 0 Å². The van der Waals surface area contributed by atoms with Gasteiger partial charge in [0.05, 0.1) is 4.92 Å². The zero-order chi connectivity index (χ0) is 16.7. The standard InChI is InChI=1S/C14H22N6O3/c15-4-5-16-14(21)3-6-18-7-9-19(10-8-18)13-2-1-12(11-17-13)20(22)23/h1-2,11H,3-10,15H2,(H,16,21). The summed E-state index contributed by atoms with van der Waals surface area (Å²) in [7, 11) is 0. The molecule has 0 radical (unpaired) electrons. The van der Waals surface area contributed by atoms with Crippen LogP contribution in [-0.2, 0) is 4.79 Å². The minimum absolute atomic E-state index is 0.00382. The predicted molar refractivity (Wildman–Crippen MR) is 86.2 cm³/mol. The quantitative estimate of drug-likeness (QED) is 0.517. The van der Waals surface area contributed by atoms with Gasteiger partial charge >= 0.3 is 0 Å². The van der Waals surface area contributed by atoms with Gasteiger partial charge < -0.3 is 16.0 Å². The fraction of sp³-hybridized carbons (Fsp3) is 0.571. The molecule has 126 valence electrons. The maximum atomic E-state index is 11.5. The Morgan fingerprint density at radius 1 is 1.35 bits per heavy atom. The monoisotopic (exact) mass is 322 g/mol. The Balaban J connectivity index is 1.75. The summed E-state index contributed by atoms with van der Waals surface area (Å²) in [5.41, 5.74) is 5.33. The molecule has 1 aliphatic rings. The van der Waals surface area contributed by atoms with E-state index in [9.17, 15) is 14.9 Å². The maximum absolute atomic E-state index is 11.5. The molecule has 0 atom stereocenters. The van der Waals surface area contributed by atoms with Crippen LogP contribution in [-0.4, -0.2) is 66.5 Å². The summed E-state index contributed by atoms with van der Waals surface area (Å²) in [6.45, 7) is 4.93. The van der Waals surface area contributed by atoms with Crippen molar-refractivity contribution in [3.05, 3.63) is 28.4 Å². The molecule has 3 N–H and O–H groups in total. The van der Waals surface area contributed by atoms with E-state index in [1.165, 1.54) is 12.3 Å². The van der Waals surface area contributed by atoms with Crippen molar-refractivity contribution in [2.45, 2.75) is 6.42 Å². The van der Waals surface area contributed by atoms with E-state index in [2.05, 4.69) is 20.1 Å². The van der Waals surface area contributed by atoms with Crippen LogP contribution in [0.4, 0.5) is 11.5 Å². The molecule has 1 fully saturated rings. The van der Waals surface area contributed by atoms with E-state index in [-0.39, 0.29) is 11.6 Å². The van der Waals surface area contributed by atoms with E-state index in [1.807, 2.05) is 0 Å². The molecule has 0 aromatic carbocycles. The first-order valence-corrected chi connectivity index (χ1v) is 7.64. The van der Waals surface area contributed by atoms with Gasteiger partial charge in [0.15, 0.2) is 0 Å². The third-order valence-electron chi connectivity index (χ3n) is 3.76. The summed E-state index contributed by atoms with van der Waals surface area (Å²) in [5, 5.41) is 13.4. The third-order valence-corrected chi connectivity index (χ3v) is 3.76. The minimum atomic E-state index is -0.454. The zero-order valence-corrected chi connectivity index (χ0v) is 13.0. The van der Waals surface area contributed by atoms with Crippen LogP contribution in [0.2, 0.25) is 0 Å². The largest absolute Gasteiger partial charge is 0.355 e. The Morgan fingerprint density at radius 3 is 2.65 bits per heavy atom. The number of anilines is 1. The number of nitrogens with two attached hydrogens (primary N) is 1. The third kappa shape index (κ3) is 5.15. The highest BCUT2D eigenvalue weighted by Gasteiger charge is 2.19. The summed E-state index contributed by atoms with van der Waals surface area (Å²) in [5.74, 6) is 0.769. The van der Waals surface area contributed by atoms with Gasteiger partial charge in [-0.3, -0.25) is 19.8 Å². The number of nitro groups is 1. The second kappa shape index (κ2) is 8.39. The molecule has 0 aliphatic carbocycles. The van der Waals surface area contributed by atoms with Gasteiger partial charge in [0, 0.05) is 58.3 Å². The SMILES string of the molecule is NCCNC(=O)CCN1CCN(c2ccc([N+](=O)[O-])cn2)CC1. The van der Waals surface area contributed by atoms with E-state index in [0.29, 0.717) is 19.5 Å². The summed E-state index contributed by atoms with van der Waals surface area (Å²) in [6.07, 6.45) is 1.75. The molecule has 1 aromatic rings. The van der Waals surface area contributed by atoms with Gasteiger partial charge in [0.25, 0.3) is 5.69 Å². The van der Waals surface area contributed by atoms with Crippen molar-refractivity contribution in [1.29, 1.82) is 0 Å². The molecule has 0 bridgehead atoms. The summed E-state index contributed by atoms with van der Waals surface area (Å²) in [4.78, 5) is 30.2. The minimum Gasteiger partial charge on any atom is -0.355 e. The predicted octanol–water partition coefficient (Wildman–Crippen LogP) is -0.423. The van der Waals surface area contributed by atoms with Crippen LogP contribution in [0.3, 0.4) is 0 Å². The molecular weight excluding hydrogens is 300 g/mol. The highest BCUT2D eigenvalue weighted by molar-refractivity contribution is 5.76. The zero-order valence-electron chi connectivity index (χ0n) is 13.0. The molecule has 23 heavy (non-hydrogen) atoms. The summed E-state index contributed by atoms with van der Waals surface area (Å²) < 4.78 is 0. The number of nitrogens with one attached hydrogen (secondary N) is 1. The highest BCUT2D eigenvalue weighted by Crippen LogP contribution is 2.17. The van der Waals surface area contributed by atoms with E-state index in [0.717, 1.165) is 38.5 Å². The topological polar surface area (TPSA) is 118 Å². The maximum Gasteiger partial charge on any atom is 0.287 e. The van der Waals surface area contributed by atoms with Gasteiger partial charge in [-0.25, -0.2) is 4.98 Å². The summed E-state index contributed by atoms with van der Waals surface area (Å²) >= 11 is 0. The lowest BCUT2D eigenvalue weighted by atomic mass is 10.2. The Labute approximate surface area is 134 Å². The van der Waals surface area contributed by atoms with Crippen LogP contribution in [0.1, 0.15) is 6.42 Å². The van der Waals surface area contributed by atoms with E-state index in [1.54, 1.807) is 6.07 Å². The van der Waals surface area contributed by atoms with Crippen LogP contribution >= 0.6 is 0 Å². The second-order valence-corrected chi connectivity index (χ2v) is 5.35. The summed E-state index contributed by atoms with van der Waals surface area (Å²) in [6, 6.07) is 3.14. The van der Waals surface area contributed by atoms with Crippen LogP contribution in [0.15, 0.2) is 18.3 Å². The number of carbonyl (C=O) groups is 1. The number of rotatable bonds is 7. The number of hydrogen-bond donors (Lipinski definition) is 2. The number of aromatic nitrogens is 1. The molecule has 1 amide bonds. The molecule has 0 unspecified atom stereocenters. The number of pyridine rings is 1. The lowest BCUT2D eigenvalue weighted by Crippen LogP contribution is -2.47. The van der Waals surface area contributed by atoms with Crippen LogP contribution < -0.4 is 16.0 Å². The highest BCUT2D eigenvalue weighted by atomic mass is 16.6. The number of hydrogen-bond acceptors (Lipinski definition) is 7. The Hall–Kier alpha value is -2.26. The molecule has 1 aliphatic heterocycles. The Bertz CT molecular complexity index is 528. The van der Waals surface area contributed by atoms with E-state index >= 15 is 0 Å². The van der Waals surface area contributed by atoms with Crippen molar-refractivity contribution in [2.75, 3.05) is 50.7 Å². The van der Waals surface area contributed by atoms with E-state index < -0.39 is 4.92 Å². The lowest BCUT2D eigenvalue weighted by Gasteiger charge is -2.35. The molecule has 2 rings (SSSR count). The number of nitrogens with zero attached hydrogens (tertiary/aromatic N) is 4.